The van der Waals surface area contributed by atoms with Crippen LogP contribution in [-0.4, -0.2) is 26.0 Å². The van der Waals surface area contributed by atoms with Crippen LogP contribution in [0, 0.1) is 0 Å². The van der Waals surface area contributed by atoms with Crippen molar-refractivity contribution in [2.75, 3.05) is 13.9 Å². The zero-order valence-corrected chi connectivity index (χ0v) is 12.6. The molecule has 6 nitrogen and oxygen atoms in total. The molecular formula is C17H16N2O4. The highest BCUT2D eigenvalue weighted by Crippen LogP contribution is 2.31. The molecule has 1 N–H and O–H groups in total. The first kappa shape index (κ1) is 15.1. The number of fused-ring (bicyclic) bond motifs is 1. The van der Waals surface area contributed by atoms with Gasteiger partial charge in [-0.15, -0.1) is 0 Å². The van der Waals surface area contributed by atoms with Crippen molar-refractivity contribution < 1.29 is 19.0 Å². The average molecular weight is 312 g/mol. The number of methoxy groups -OCH3 is 1. The molecule has 2 aromatic carbocycles. The van der Waals surface area contributed by atoms with E-state index in [0.717, 1.165) is 5.56 Å². The number of nitrogens with one attached hydrogen (secondary N) is 1. The Morgan fingerprint density at radius 2 is 2.04 bits per heavy atom. The summed E-state index contributed by atoms with van der Waals surface area (Å²) >= 11 is 0. The molecule has 118 valence electrons. The van der Waals surface area contributed by atoms with Gasteiger partial charge in [0.25, 0.3) is 5.91 Å². The summed E-state index contributed by atoms with van der Waals surface area (Å²) in [6.45, 7) is 0.0331. The third-order valence-corrected chi connectivity index (χ3v) is 3.41. The third kappa shape index (κ3) is 3.32. The number of ether oxygens (including phenoxy) is 3. The van der Waals surface area contributed by atoms with Crippen molar-refractivity contribution in [2.45, 2.75) is 6.10 Å². The molecule has 0 fully saturated rings. The minimum absolute atomic E-state index is 0.0331. The summed E-state index contributed by atoms with van der Waals surface area (Å²) in [5, 5.41) is 3.97. The number of benzene rings is 2. The molecule has 23 heavy (non-hydrogen) atoms. The number of carbonyl (C=O) groups is 1. The summed E-state index contributed by atoms with van der Waals surface area (Å²) in [6, 6.07) is 14.7. The zero-order chi connectivity index (χ0) is 16.1. The number of amides is 1. The van der Waals surface area contributed by atoms with Crippen molar-refractivity contribution >= 4 is 12.1 Å². The van der Waals surface area contributed by atoms with Gasteiger partial charge >= 0.3 is 0 Å². The SMILES string of the molecule is COc1ccccc1C=NNC(=O)[C@H]1OCOc2ccccc21. The summed E-state index contributed by atoms with van der Waals surface area (Å²) in [4.78, 5) is 12.3. The highest BCUT2D eigenvalue weighted by molar-refractivity contribution is 5.87. The predicted octanol–water partition coefficient (Wildman–Crippen LogP) is 2.25. The van der Waals surface area contributed by atoms with Crippen LogP contribution in [0.15, 0.2) is 53.6 Å². The first-order valence-corrected chi connectivity index (χ1v) is 7.09. The Labute approximate surface area is 133 Å². The maximum absolute atomic E-state index is 12.3. The van der Waals surface area contributed by atoms with Gasteiger partial charge in [0.1, 0.15) is 11.5 Å². The monoisotopic (exact) mass is 312 g/mol. The van der Waals surface area contributed by atoms with Crippen molar-refractivity contribution in [1.82, 2.24) is 5.43 Å². The van der Waals surface area contributed by atoms with E-state index < -0.39 is 6.10 Å². The Morgan fingerprint density at radius 1 is 1.26 bits per heavy atom. The summed E-state index contributed by atoms with van der Waals surface area (Å²) in [6.07, 6.45) is 0.789. The highest BCUT2D eigenvalue weighted by Gasteiger charge is 2.28. The molecule has 2 aromatic rings. The Hall–Kier alpha value is -2.86. The Kier molecular flexibility index (Phi) is 4.54. The predicted molar refractivity (Wildman–Crippen MR) is 84.5 cm³/mol. The lowest BCUT2D eigenvalue weighted by Crippen LogP contribution is -2.31. The van der Waals surface area contributed by atoms with Crippen LogP contribution >= 0.6 is 0 Å². The largest absolute Gasteiger partial charge is 0.496 e. The smallest absolute Gasteiger partial charge is 0.274 e. The Morgan fingerprint density at radius 3 is 2.91 bits per heavy atom. The minimum atomic E-state index is -0.741. The van der Waals surface area contributed by atoms with Crippen molar-refractivity contribution in [3.63, 3.8) is 0 Å². The molecule has 1 heterocycles. The molecule has 1 aliphatic heterocycles. The summed E-state index contributed by atoms with van der Waals surface area (Å²) in [5.74, 6) is 0.970. The number of rotatable bonds is 4. The van der Waals surface area contributed by atoms with E-state index in [1.165, 1.54) is 6.21 Å². The van der Waals surface area contributed by atoms with E-state index >= 15 is 0 Å². The summed E-state index contributed by atoms with van der Waals surface area (Å²) in [7, 11) is 1.58. The van der Waals surface area contributed by atoms with Crippen LogP contribution in [0.1, 0.15) is 17.2 Å². The fourth-order valence-corrected chi connectivity index (χ4v) is 2.30. The standard InChI is InChI=1S/C17H16N2O4/c1-21-14-8-4-2-6-12(14)10-18-19-17(20)16-13-7-3-5-9-15(13)22-11-23-16/h2-10,16H,11H2,1H3,(H,19,20)/t16-/m0/s1. The first-order valence-electron chi connectivity index (χ1n) is 7.09. The van der Waals surface area contributed by atoms with Gasteiger partial charge in [-0.25, -0.2) is 5.43 Å². The maximum atomic E-state index is 12.3. The molecule has 1 atom stereocenters. The first-order chi connectivity index (χ1) is 11.3. The maximum Gasteiger partial charge on any atom is 0.274 e. The highest BCUT2D eigenvalue weighted by atomic mass is 16.7. The van der Waals surface area contributed by atoms with Crippen molar-refractivity contribution in [2.24, 2.45) is 5.10 Å². The second-order valence-corrected chi connectivity index (χ2v) is 4.82. The molecular weight excluding hydrogens is 296 g/mol. The lowest BCUT2D eigenvalue weighted by atomic mass is 10.1. The lowest BCUT2D eigenvalue weighted by molar-refractivity contribution is -0.142. The van der Waals surface area contributed by atoms with Gasteiger partial charge in [-0.2, -0.15) is 5.10 Å². The lowest BCUT2D eigenvalue weighted by Gasteiger charge is -2.24. The molecule has 0 unspecified atom stereocenters. The second kappa shape index (κ2) is 6.93. The molecule has 0 radical (unpaired) electrons. The number of hydrogen-bond acceptors (Lipinski definition) is 5. The molecule has 0 aliphatic carbocycles. The van der Waals surface area contributed by atoms with E-state index in [2.05, 4.69) is 10.5 Å². The van der Waals surface area contributed by atoms with Crippen molar-refractivity contribution in [1.29, 1.82) is 0 Å². The van der Waals surface area contributed by atoms with Gasteiger partial charge in [0, 0.05) is 11.1 Å². The molecule has 1 amide bonds. The number of hydrazone groups is 1. The normalized spacial score (nSPS) is 16.5. The molecule has 0 bridgehead atoms. The van der Waals surface area contributed by atoms with Gasteiger partial charge in [0.05, 0.1) is 13.3 Å². The molecule has 0 spiro atoms. The fraction of sp³-hybridized carbons (Fsp3) is 0.176. The molecule has 6 heteroatoms. The fourth-order valence-electron chi connectivity index (χ4n) is 2.30. The minimum Gasteiger partial charge on any atom is -0.496 e. The van der Waals surface area contributed by atoms with Crippen LogP contribution < -0.4 is 14.9 Å². The van der Waals surface area contributed by atoms with E-state index in [9.17, 15) is 4.79 Å². The van der Waals surface area contributed by atoms with E-state index in [4.69, 9.17) is 14.2 Å². The van der Waals surface area contributed by atoms with Crippen molar-refractivity contribution in [3.8, 4) is 11.5 Å². The molecule has 0 aromatic heterocycles. The van der Waals surface area contributed by atoms with Crippen LogP contribution in [0.25, 0.3) is 0 Å². The quantitative estimate of drug-likeness (QED) is 0.694. The topological polar surface area (TPSA) is 69.2 Å². The molecule has 0 saturated heterocycles. The van der Waals surface area contributed by atoms with Gasteiger partial charge in [0.2, 0.25) is 0 Å². The van der Waals surface area contributed by atoms with Gasteiger partial charge < -0.3 is 14.2 Å². The Balaban J connectivity index is 1.70. The van der Waals surface area contributed by atoms with Crippen LogP contribution in [0.5, 0.6) is 11.5 Å². The van der Waals surface area contributed by atoms with E-state index in [1.807, 2.05) is 36.4 Å². The van der Waals surface area contributed by atoms with E-state index in [0.29, 0.717) is 17.1 Å². The van der Waals surface area contributed by atoms with E-state index in [-0.39, 0.29) is 12.7 Å². The third-order valence-electron chi connectivity index (χ3n) is 3.41. The van der Waals surface area contributed by atoms with E-state index in [1.54, 1.807) is 19.2 Å². The summed E-state index contributed by atoms with van der Waals surface area (Å²) in [5.41, 5.74) is 3.94. The van der Waals surface area contributed by atoms with Gasteiger partial charge in [0.15, 0.2) is 12.9 Å². The molecule has 0 saturated carbocycles. The number of para-hydroxylation sites is 2. The van der Waals surface area contributed by atoms with Crippen LogP contribution in [0.3, 0.4) is 0 Å². The average Bonchev–Trinajstić information content (AvgIpc) is 2.61. The molecule has 1 aliphatic rings. The van der Waals surface area contributed by atoms with Crippen LogP contribution in [0.4, 0.5) is 0 Å². The summed E-state index contributed by atoms with van der Waals surface area (Å²) < 4.78 is 16.0. The number of carbonyl (C=O) groups excluding carboxylic acids is 1. The number of hydrogen-bond donors (Lipinski definition) is 1. The van der Waals surface area contributed by atoms with Crippen LogP contribution in [-0.2, 0) is 9.53 Å². The van der Waals surface area contributed by atoms with Gasteiger partial charge in [-0.1, -0.05) is 30.3 Å². The second-order valence-electron chi connectivity index (χ2n) is 4.82. The van der Waals surface area contributed by atoms with Gasteiger partial charge in [-0.3, -0.25) is 4.79 Å². The van der Waals surface area contributed by atoms with Crippen molar-refractivity contribution in [3.05, 3.63) is 59.7 Å². The molecule has 3 rings (SSSR count). The van der Waals surface area contributed by atoms with Gasteiger partial charge in [-0.05, 0) is 18.2 Å². The number of nitrogens with zero attached hydrogens (tertiary/aromatic N) is 1. The van der Waals surface area contributed by atoms with Crippen LogP contribution in [0.2, 0.25) is 0 Å². The Bertz CT molecular complexity index is 730. The zero-order valence-electron chi connectivity index (χ0n) is 12.6.